The lowest BCUT2D eigenvalue weighted by atomic mass is 10.1. The fourth-order valence-electron chi connectivity index (χ4n) is 4.13. The summed E-state index contributed by atoms with van der Waals surface area (Å²) in [6.45, 7) is 5.59. The van der Waals surface area contributed by atoms with Crippen LogP contribution in [0.2, 0.25) is 0 Å². The van der Waals surface area contributed by atoms with Gasteiger partial charge >= 0.3 is 11.9 Å². The van der Waals surface area contributed by atoms with Gasteiger partial charge < -0.3 is 14.0 Å². The van der Waals surface area contributed by atoms with Gasteiger partial charge in [-0.1, -0.05) is 79.8 Å². The molecule has 0 bridgehead atoms. The van der Waals surface area contributed by atoms with Crippen molar-refractivity contribution in [3.05, 3.63) is 85.4 Å². The van der Waals surface area contributed by atoms with Crippen LogP contribution in [0.3, 0.4) is 0 Å². The summed E-state index contributed by atoms with van der Waals surface area (Å²) < 4.78 is 12.1. The molecule has 1 N–H and O–H groups in total. The van der Waals surface area contributed by atoms with E-state index >= 15 is 0 Å². The first-order chi connectivity index (χ1) is 22.4. The predicted molar refractivity (Wildman–Crippen MR) is 183 cm³/mol. The molecule has 10 heteroatoms. The molecular formula is C36H49N5O5. The highest BCUT2D eigenvalue weighted by atomic mass is 16.5. The molecule has 0 saturated carbocycles. The second kappa shape index (κ2) is 23.7. The minimum atomic E-state index is -0.394. The summed E-state index contributed by atoms with van der Waals surface area (Å²) in [5.41, 5.74) is 1.16. The molecule has 0 aliphatic heterocycles. The quantitative estimate of drug-likeness (QED) is 0.105. The van der Waals surface area contributed by atoms with Crippen molar-refractivity contribution in [1.29, 1.82) is 0 Å². The fraction of sp³-hybridized carbons (Fsp3) is 0.444. The summed E-state index contributed by atoms with van der Waals surface area (Å²) in [7, 11) is 0. The molecule has 2 aromatic rings. The van der Waals surface area contributed by atoms with Gasteiger partial charge in [-0.25, -0.2) is 9.97 Å². The Kier molecular flexibility index (Phi) is 19.4. The highest BCUT2D eigenvalue weighted by Gasteiger charge is 2.15. The molecule has 0 atom stereocenters. The third-order valence-corrected chi connectivity index (χ3v) is 6.57. The molecular weight excluding hydrogens is 582 g/mol. The number of ether oxygens (including phenoxy) is 2. The van der Waals surface area contributed by atoms with Crippen LogP contribution in [0.5, 0.6) is 0 Å². The number of nitrogens with zero attached hydrogens (tertiary/aromatic N) is 4. The average molecular weight is 632 g/mol. The van der Waals surface area contributed by atoms with Gasteiger partial charge in [0.2, 0.25) is 11.9 Å². The summed E-state index contributed by atoms with van der Waals surface area (Å²) in [5, 5.41) is 2.76. The van der Waals surface area contributed by atoms with Crippen LogP contribution in [0.4, 0.5) is 5.95 Å². The highest BCUT2D eigenvalue weighted by Crippen LogP contribution is 2.15. The number of carbonyl (C=O) groups is 3. The van der Waals surface area contributed by atoms with Crippen LogP contribution in [-0.4, -0.2) is 50.6 Å². The van der Waals surface area contributed by atoms with Crippen LogP contribution in [-0.2, 0) is 30.4 Å². The predicted octanol–water partition coefficient (Wildman–Crippen LogP) is 7.38. The SMILES string of the molecule is CC/C=C\C/C=C\C/C=C\C/C=C\C/C=C\C/C=C\CCC(=O)Nc1ncc2ncn(CCC(COC(C)=O)COC(C)=O)c2n1. The van der Waals surface area contributed by atoms with E-state index in [2.05, 4.69) is 94.0 Å². The molecule has 248 valence electrons. The van der Waals surface area contributed by atoms with Gasteiger partial charge in [-0.15, -0.1) is 0 Å². The van der Waals surface area contributed by atoms with Crippen molar-refractivity contribution >= 4 is 35.0 Å². The van der Waals surface area contributed by atoms with Crippen LogP contribution in [0.15, 0.2) is 85.4 Å². The van der Waals surface area contributed by atoms with Crippen molar-refractivity contribution < 1.29 is 23.9 Å². The molecule has 0 fully saturated rings. The highest BCUT2D eigenvalue weighted by molar-refractivity contribution is 5.89. The number of allylic oxidation sites excluding steroid dienone is 12. The Hall–Kier alpha value is -4.60. The second-order valence-corrected chi connectivity index (χ2v) is 10.6. The lowest BCUT2D eigenvalue weighted by Crippen LogP contribution is -2.21. The average Bonchev–Trinajstić information content (AvgIpc) is 3.43. The van der Waals surface area contributed by atoms with Gasteiger partial charge in [-0.3, -0.25) is 19.7 Å². The number of hydrogen-bond acceptors (Lipinski definition) is 8. The number of anilines is 1. The molecule has 1 amide bonds. The zero-order chi connectivity index (χ0) is 33.2. The summed E-state index contributed by atoms with van der Waals surface area (Å²) in [6, 6.07) is 0. The number of esters is 2. The Morgan fingerprint density at radius 3 is 1.83 bits per heavy atom. The third kappa shape index (κ3) is 17.6. The van der Waals surface area contributed by atoms with Gasteiger partial charge in [0.05, 0.1) is 25.7 Å². The Morgan fingerprint density at radius 2 is 1.30 bits per heavy atom. The second-order valence-electron chi connectivity index (χ2n) is 10.6. The van der Waals surface area contributed by atoms with E-state index in [0.717, 1.165) is 38.5 Å². The number of nitrogens with one attached hydrogen (secondary N) is 1. The molecule has 10 nitrogen and oxygen atoms in total. The van der Waals surface area contributed by atoms with E-state index < -0.39 is 11.9 Å². The number of imidazole rings is 1. The van der Waals surface area contributed by atoms with E-state index in [4.69, 9.17) is 9.47 Å². The Morgan fingerprint density at radius 1 is 0.783 bits per heavy atom. The largest absolute Gasteiger partial charge is 0.465 e. The standard InChI is InChI=1S/C36H49N5O5/c1-4-5-6-7-8-9-10-11-12-13-14-15-16-17-18-19-20-21-22-23-34(44)39-36-37-26-33-35(40-36)41(29-38-33)25-24-32(27-45-30(2)42)28-46-31(3)43/h5-6,8-9,11-12,14-15,17-18,20-21,26,29,32H,4,7,10,13,16,19,22-25,27-28H2,1-3H3,(H,37,39,40,44)/b6-5-,9-8-,12-11-,15-14-,18-17-,21-20-. The van der Waals surface area contributed by atoms with Crippen molar-refractivity contribution in [3.63, 3.8) is 0 Å². The van der Waals surface area contributed by atoms with E-state index in [1.54, 1.807) is 12.5 Å². The van der Waals surface area contributed by atoms with Crippen molar-refractivity contribution in [1.82, 2.24) is 19.5 Å². The van der Waals surface area contributed by atoms with Crippen LogP contribution >= 0.6 is 0 Å². The number of rotatable bonds is 22. The summed E-state index contributed by atoms with van der Waals surface area (Å²) in [6.07, 6.45) is 36.3. The third-order valence-electron chi connectivity index (χ3n) is 6.57. The van der Waals surface area contributed by atoms with E-state index in [0.29, 0.717) is 37.0 Å². The Labute approximate surface area is 273 Å². The van der Waals surface area contributed by atoms with Crippen LogP contribution in [0.25, 0.3) is 11.2 Å². The topological polar surface area (TPSA) is 125 Å². The van der Waals surface area contributed by atoms with E-state index in [1.165, 1.54) is 13.8 Å². The first-order valence-electron chi connectivity index (χ1n) is 16.0. The van der Waals surface area contributed by atoms with Crippen molar-refractivity contribution in [2.24, 2.45) is 5.92 Å². The maximum Gasteiger partial charge on any atom is 0.302 e. The number of carbonyl (C=O) groups excluding carboxylic acids is 3. The zero-order valence-electron chi connectivity index (χ0n) is 27.5. The molecule has 0 radical (unpaired) electrons. The molecule has 0 aliphatic carbocycles. The maximum atomic E-state index is 12.5. The minimum Gasteiger partial charge on any atom is -0.465 e. The lowest BCUT2D eigenvalue weighted by molar-refractivity contribution is -0.146. The first kappa shape index (κ1) is 37.6. The fourth-order valence-corrected chi connectivity index (χ4v) is 4.13. The normalized spacial score (nSPS) is 12.3. The van der Waals surface area contributed by atoms with Crippen LogP contribution in [0.1, 0.15) is 78.6 Å². The molecule has 0 aromatic carbocycles. The molecule has 0 saturated heterocycles. The smallest absolute Gasteiger partial charge is 0.302 e. The molecule has 0 spiro atoms. The number of amides is 1. The number of aromatic nitrogens is 4. The minimum absolute atomic E-state index is 0.141. The molecule has 0 unspecified atom stereocenters. The molecule has 2 heterocycles. The van der Waals surface area contributed by atoms with Gasteiger partial charge in [-0.2, -0.15) is 4.98 Å². The van der Waals surface area contributed by atoms with Crippen LogP contribution < -0.4 is 5.32 Å². The molecule has 0 aliphatic rings. The summed E-state index contributed by atoms with van der Waals surface area (Å²) in [4.78, 5) is 47.9. The van der Waals surface area contributed by atoms with Gasteiger partial charge in [0.15, 0.2) is 5.65 Å². The zero-order valence-corrected chi connectivity index (χ0v) is 27.5. The number of aryl methyl sites for hydroxylation is 1. The van der Waals surface area contributed by atoms with Gasteiger partial charge in [0.25, 0.3) is 0 Å². The van der Waals surface area contributed by atoms with E-state index in [1.807, 2.05) is 10.6 Å². The van der Waals surface area contributed by atoms with E-state index in [9.17, 15) is 14.4 Å². The van der Waals surface area contributed by atoms with Crippen molar-refractivity contribution in [3.8, 4) is 0 Å². The van der Waals surface area contributed by atoms with E-state index in [-0.39, 0.29) is 31.0 Å². The number of hydrogen-bond donors (Lipinski definition) is 1. The summed E-state index contributed by atoms with van der Waals surface area (Å²) >= 11 is 0. The first-order valence-corrected chi connectivity index (χ1v) is 16.0. The van der Waals surface area contributed by atoms with Crippen molar-refractivity contribution in [2.75, 3.05) is 18.5 Å². The van der Waals surface area contributed by atoms with Crippen LogP contribution in [0, 0.1) is 5.92 Å². The molecule has 2 rings (SSSR count). The van der Waals surface area contributed by atoms with Gasteiger partial charge in [-0.05, 0) is 51.4 Å². The lowest BCUT2D eigenvalue weighted by Gasteiger charge is -2.16. The van der Waals surface area contributed by atoms with Crippen molar-refractivity contribution in [2.45, 2.75) is 85.1 Å². The summed E-state index contributed by atoms with van der Waals surface area (Å²) in [5.74, 6) is -0.934. The van der Waals surface area contributed by atoms with Gasteiger partial charge in [0.1, 0.15) is 5.52 Å². The van der Waals surface area contributed by atoms with Gasteiger partial charge in [0, 0.05) is 32.7 Å². The maximum absolute atomic E-state index is 12.5. The molecule has 46 heavy (non-hydrogen) atoms. The molecule has 2 aromatic heterocycles. The Bertz CT molecular complexity index is 1370. The number of fused-ring (bicyclic) bond motifs is 1. The monoisotopic (exact) mass is 631 g/mol. The Balaban J connectivity index is 1.67.